The van der Waals surface area contributed by atoms with Crippen molar-refractivity contribution in [1.29, 1.82) is 0 Å². The standard InChI is InChI=1S/C13H23NO2/c1-13(2,3)16-12(15)11-10-7-5-4-6-9(10)8-14-11/h9-11,14H,4-8H2,1-3H3/t9-,10-,11?/m0/s1. The second-order valence-corrected chi connectivity index (χ2v) is 6.13. The first kappa shape index (κ1) is 11.9. The summed E-state index contributed by atoms with van der Waals surface area (Å²) in [5.41, 5.74) is -0.370. The predicted molar refractivity (Wildman–Crippen MR) is 63.1 cm³/mol. The number of hydrogen-bond acceptors (Lipinski definition) is 3. The van der Waals surface area contributed by atoms with Crippen LogP contribution < -0.4 is 5.32 Å². The van der Waals surface area contributed by atoms with Gasteiger partial charge in [-0.1, -0.05) is 12.8 Å². The van der Waals surface area contributed by atoms with Crippen LogP contribution in [0.5, 0.6) is 0 Å². The zero-order chi connectivity index (χ0) is 11.8. The molecule has 1 aliphatic heterocycles. The Labute approximate surface area is 97.9 Å². The number of carbonyl (C=O) groups excluding carboxylic acids is 1. The van der Waals surface area contributed by atoms with Gasteiger partial charge >= 0.3 is 5.97 Å². The van der Waals surface area contributed by atoms with Gasteiger partial charge in [-0.05, 0) is 52.0 Å². The topological polar surface area (TPSA) is 38.3 Å². The molecule has 3 heteroatoms. The molecule has 1 N–H and O–H groups in total. The fourth-order valence-electron chi connectivity index (χ4n) is 2.98. The number of hydrogen-bond donors (Lipinski definition) is 1. The first-order chi connectivity index (χ1) is 7.47. The molecular formula is C13H23NO2. The molecule has 16 heavy (non-hydrogen) atoms. The number of rotatable bonds is 1. The molecule has 2 aliphatic rings. The molecule has 1 saturated carbocycles. The molecular weight excluding hydrogens is 202 g/mol. The third-order valence-corrected chi connectivity index (χ3v) is 3.66. The summed E-state index contributed by atoms with van der Waals surface area (Å²) in [6.45, 7) is 6.78. The van der Waals surface area contributed by atoms with Crippen LogP contribution in [0.4, 0.5) is 0 Å². The zero-order valence-corrected chi connectivity index (χ0v) is 10.6. The number of ether oxygens (including phenoxy) is 1. The van der Waals surface area contributed by atoms with E-state index >= 15 is 0 Å². The van der Waals surface area contributed by atoms with E-state index in [-0.39, 0.29) is 17.6 Å². The van der Waals surface area contributed by atoms with E-state index < -0.39 is 0 Å². The van der Waals surface area contributed by atoms with Crippen molar-refractivity contribution < 1.29 is 9.53 Å². The average molecular weight is 225 g/mol. The monoisotopic (exact) mass is 225 g/mol. The first-order valence-electron chi connectivity index (χ1n) is 6.43. The van der Waals surface area contributed by atoms with Crippen LogP contribution >= 0.6 is 0 Å². The van der Waals surface area contributed by atoms with Crippen molar-refractivity contribution in [2.75, 3.05) is 6.54 Å². The van der Waals surface area contributed by atoms with Gasteiger partial charge in [0.05, 0.1) is 0 Å². The largest absolute Gasteiger partial charge is 0.459 e. The first-order valence-corrected chi connectivity index (χ1v) is 6.43. The highest BCUT2D eigenvalue weighted by molar-refractivity contribution is 5.77. The summed E-state index contributed by atoms with van der Waals surface area (Å²) in [7, 11) is 0. The van der Waals surface area contributed by atoms with Crippen molar-refractivity contribution in [3.8, 4) is 0 Å². The maximum absolute atomic E-state index is 12.0. The third-order valence-electron chi connectivity index (χ3n) is 3.66. The highest BCUT2D eigenvalue weighted by atomic mass is 16.6. The van der Waals surface area contributed by atoms with Gasteiger partial charge in [0.15, 0.2) is 0 Å². The van der Waals surface area contributed by atoms with Crippen LogP contribution in [0.2, 0.25) is 0 Å². The summed E-state index contributed by atoms with van der Waals surface area (Å²) in [6.07, 6.45) is 5.05. The molecule has 0 bridgehead atoms. The maximum Gasteiger partial charge on any atom is 0.323 e. The van der Waals surface area contributed by atoms with Crippen molar-refractivity contribution in [3.63, 3.8) is 0 Å². The molecule has 2 rings (SSSR count). The minimum absolute atomic E-state index is 0.0514. The minimum atomic E-state index is -0.370. The highest BCUT2D eigenvalue weighted by Gasteiger charge is 2.42. The summed E-state index contributed by atoms with van der Waals surface area (Å²) in [5.74, 6) is 1.16. The lowest BCUT2D eigenvalue weighted by molar-refractivity contribution is -0.158. The van der Waals surface area contributed by atoms with Gasteiger partial charge in [0.1, 0.15) is 11.6 Å². The second kappa shape index (κ2) is 4.36. The van der Waals surface area contributed by atoms with Crippen molar-refractivity contribution in [2.45, 2.75) is 58.1 Å². The molecule has 0 aromatic rings. The minimum Gasteiger partial charge on any atom is -0.459 e. The molecule has 1 aliphatic carbocycles. The van der Waals surface area contributed by atoms with Gasteiger partial charge in [-0.2, -0.15) is 0 Å². The Kier molecular flexibility index (Phi) is 3.24. The van der Waals surface area contributed by atoms with Crippen molar-refractivity contribution in [3.05, 3.63) is 0 Å². The summed E-state index contributed by atoms with van der Waals surface area (Å²) < 4.78 is 5.47. The molecule has 3 atom stereocenters. The Bertz CT molecular complexity index is 270. The fourth-order valence-corrected chi connectivity index (χ4v) is 2.98. The Morgan fingerprint density at radius 1 is 1.25 bits per heavy atom. The average Bonchev–Trinajstić information content (AvgIpc) is 2.58. The maximum atomic E-state index is 12.0. The van der Waals surface area contributed by atoms with Gasteiger partial charge < -0.3 is 10.1 Å². The van der Waals surface area contributed by atoms with Gasteiger partial charge in [-0.25, -0.2) is 0 Å². The normalized spacial score (nSPS) is 34.6. The van der Waals surface area contributed by atoms with Crippen LogP contribution in [0, 0.1) is 11.8 Å². The van der Waals surface area contributed by atoms with Gasteiger partial charge in [-0.3, -0.25) is 4.79 Å². The molecule has 0 radical (unpaired) electrons. The second-order valence-electron chi connectivity index (χ2n) is 6.13. The Morgan fingerprint density at radius 2 is 1.94 bits per heavy atom. The van der Waals surface area contributed by atoms with Crippen LogP contribution in [0.1, 0.15) is 46.5 Å². The molecule has 92 valence electrons. The van der Waals surface area contributed by atoms with Gasteiger partial charge in [0, 0.05) is 0 Å². The molecule has 0 spiro atoms. The Balaban J connectivity index is 1.97. The third kappa shape index (κ3) is 2.57. The lowest BCUT2D eigenvalue weighted by Crippen LogP contribution is -2.41. The van der Waals surface area contributed by atoms with Crippen LogP contribution in [-0.2, 0) is 9.53 Å². The number of nitrogens with one attached hydrogen (secondary N) is 1. The van der Waals surface area contributed by atoms with Crippen LogP contribution in [0.25, 0.3) is 0 Å². The Morgan fingerprint density at radius 3 is 2.62 bits per heavy atom. The fraction of sp³-hybridized carbons (Fsp3) is 0.923. The summed E-state index contributed by atoms with van der Waals surface area (Å²) in [6, 6.07) is -0.0514. The highest BCUT2D eigenvalue weighted by Crippen LogP contribution is 2.36. The molecule has 2 fully saturated rings. The van der Waals surface area contributed by atoms with E-state index in [1.807, 2.05) is 20.8 Å². The summed E-state index contributed by atoms with van der Waals surface area (Å²) in [4.78, 5) is 12.0. The number of carbonyl (C=O) groups is 1. The van der Waals surface area contributed by atoms with Gasteiger partial charge in [0.25, 0.3) is 0 Å². The van der Waals surface area contributed by atoms with Crippen molar-refractivity contribution in [2.24, 2.45) is 11.8 Å². The SMILES string of the molecule is CC(C)(C)OC(=O)C1NC[C@@H]2CCCC[C@H]12. The predicted octanol–water partition coefficient (Wildman–Crippen LogP) is 2.11. The molecule has 1 heterocycles. The van der Waals surface area contributed by atoms with E-state index in [0.29, 0.717) is 11.8 Å². The lowest BCUT2D eigenvalue weighted by atomic mass is 9.78. The number of esters is 1. The van der Waals surface area contributed by atoms with E-state index in [2.05, 4.69) is 5.32 Å². The van der Waals surface area contributed by atoms with E-state index in [4.69, 9.17) is 4.74 Å². The zero-order valence-electron chi connectivity index (χ0n) is 10.6. The molecule has 3 nitrogen and oxygen atoms in total. The van der Waals surface area contributed by atoms with E-state index in [1.165, 1.54) is 25.7 Å². The van der Waals surface area contributed by atoms with Crippen LogP contribution in [0.15, 0.2) is 0 Å². The van der Waals surface area contributed by atoms with Crippen molar-refractivity contribution >= 4 is 5.97 Å². The number of fused-ring (bicyclic) bond motifs is 1. The smallest absolute Gasteiger partial charge is 0.323 e. The van der Waals surface area contributed by atoms with E-state index in [9.17, 15) is 4.79 Å². The molecule has 1 unspecified atom stereocenters. The summed E-state index contributed by atoms with van der Waals surface area (Å²) >= 11 is 0. The molecule has 1 saturated heterocycles. The van der Waals surface area contributed by atoms with E-state index in [0.717, 1.165) is 6.54 Å². The quantitative estimate of drug-likeness (QED) is 0.695. The van der Waals surface area contributed by atoms with Crippen LogP contribution in [-0.4, -0.2) is 24.2 Å². The van der Waals surface area contributed by atoms with Crippen LogP contribution in [0.3, 0.4) is 0 Å². The molecule has 0 aromatic heterocycles. The molecule has 0 aromatic carbocycles. The lowest BCUT2D eigenvalue weighted by Gasteiger charge is -2.29. The summed E-state index contributed by atoms with van der Waals surface area (Å²) in [5, 5.41) is 3.35. The van der Waals surface area contributed by atoms with Gasteiger partial charge in [-0.15, -0.1) is 0 Å². The van der Waals surface area contributed by atoms with Gasteiger partial charge in [0.2, 0.25) is 0 Å². The molecule has 0 amide bonds. The Hall–Kier alpha value is -0.570. The van der Waals surface area contributed by atoms with Crippen molar-refractivity contribution in [1.82, 2.24) is 5.32 Å². The van der Waals surface area contributed by atoms with E-state index in [1.54, 1.807) is 0 Å².